The SMILES string of the molecule is CC(=O)Nc1ccc(-c2ccnc(Nc3cccc(C(=O)NCc4cccs4)c3)n2)cc1. The molecular formula is C24H21N5O2S. The molecular weight excluding hydrogens is 422 g/mol. The van der Waals surface area contributed by atoms with Gasteiger partial charge >= 0.3 is 0 Å². The molecule has 2 heterocycles. The minimum Gasteiger partial charge on any atom is -0.347 e. The Hall–Kier alpha value is -4.04. The van der Waals surface area contributed by atoms with Crippen molar-refractivity contribution in [2.45, 2.75) is 13.5 Å². The van der Waals surface area contributed by atoms with Crippen LogP contribution >= 0.6 is 11.3 Å². The normalized spacial score (nSPS) is 10.4. The third-order valence-electron chi connectivity index (χ3n) is 4.54. The highest BCUT2D eigenvalue weighted by atomic mass is 32.1. The predicted octanol–water partition coefficient (Wildman–Crippen LogP) is 4.84. The smallest absolute Gasteiger partial charge is 0.251 e. The van der Waals surface area contributed by atoms with Gasteiger partial charge in [0.2, 0.25) is 11.9 Å². The molecule has 0 aliphatic rings. The van der Waals surface area contributed by atoms with Crippen molar-refractivity contribution in [1.29, 1.82) is 0 Å². The lowest BCUT2D eigenvalue weighted by Crippen LogP contribution is -2.22. The fraction of sp³-hybridized carbons (Fsp3) is 0.0833. The van der Waals surface area contributed by atoms with Crippen molar-refractivity contribution >= 4 is 40.5 Å². The van der Waals surface area contributed by atoms with E-state index in [0.29, 0.717) is 23.7 Å². The zero-order valence-electron chi connectivity index (χ0n) is 17.3. The zero-order valence-corrected chi connectivity index (χ0v) is 18.1. The summed E-state index contributed by atoms with van der Waals surface area (Å²) in [6.07, 6.45) is 1.67. The lowest BCUT2D eigenvalue weighted by Gasteiger charge is -2.09. The van der Waals surface area contributed by atoms with Crippen LogP contribution in [0.5, 0.6) is 0 Å². The van der Waals surface area contributed by atoms with Gasteiger partial charge in [0, 0.05) is 40.5 Å². The first-order valence-corrected chi connectivity index (χ1v) is 10.8. The van der Waals surface area contributed by atoms with E-state index in [4.69, 9.17) is 0 Å². The lowest BCUT2D eigenvalue weighted by molar-refractivity contribution is -0.114. The summed E-state index contributed by atoms with van der Waals surface area (Å²) in [7, 11) is 0. The van der Waals surface area contributed by atoms with E-state index in [1.807, 2.05) is 60.0 Å². The molecule has 0 atom stereocenters. The van der Waals surface area contributed by atoms with Gasteiger partial charge in [0.15, 0.2) is 0 Å². The number of hydrogen-bond donors (Lipinski definition) is 3. The Morgan fingerprint density at radius 3 is 2.56 bits per heavy atom. The van der Waals surface area contributed by atoms with Crippen LogP contribution in [0.3, 0.4) is 0 Å². The van der Waals surface area contributed by atoms with Gasteiger partial charge in [0.05, 0.1) is 12.2 Å². The molecule has 4 aromatic rings. The molecule has 7 nitrogen and oxygen atoms in total. The van der Waals surface area contributed by atoms with Gasteiger partial charge < -0.3 is 16.0 Å². The van der Waals surface area contributed by atoms with Crippen molar-refractivity contribution < 1.29 is 9.59 Å². The van der Waals surface area contributed by atoms with Crippen LogP contribution in [-0.4, -0.2) is 21.8 Å². The topological polar surface area (TPSA) is 96.0 Å². The summed E-state index contributed by atoms with van der Waals surface area (Å²) in [6, 6.07) is 20.4. The summed E-state index contributed by atoms with van der Waals surface area (Å²) >= 11 is 1.61. The van der Waals surface area contributed by atoms with Crippen molar-refractivity contribution in [2.24, 2.45) is 0 Å². The Kier molecular flexibility index (Phi) is 6.52. The van der Waals surface area contributed by atoms with E-state index in [9.17, 15) is 9.59 Å². The molecule has 0 aliphatic heterocycles. The number of benzene rings is 2. The molecule has 2 aromatic carbocycles. The number of amides is 2. The maximum absolute atomic E-state index is 12.5. The molecule has 2 amide bonds. The highest BCUT2D eigenvalue weighted by Crippen LogP contribution is 2.22. The molecule has 0 unspecified atom stereocenters. The first-order valence-electron chi connectivity index (χ1n) is 9.95. The van der Waals surface area contributed by atoms with Crippen molar-refractivity contribution in [2.75, 3.05) is 10.6 Å². The summed E-state index contributed by atoms with van der Waals surface area (Å²) in [5, 5.41) is 10.8. The van der Waals surface area contributed by atoms with Gasteiger partial charge in [-0.05, 0) is 47.8 Å². The molecule has 32 heavy (non-hydrogen) atoms. The number of aromatic nitrogens is 2. The Labute approximate surface area is 189 Å². The van der Waals surface area contributed by atoms with Crippen LogP contribution in [-0.2, 0) is 11.3 Å². The fourth-order valence-electron chi connectivity index (χ4n) is 3.06. The average molecular weight is 444 g/mol. The van der Waals surface area contributed by atoms with Crippen LogP contribution < -0.4 is 16.0 Å². The van der Waals surface area contributed by atoms with Gasteiger partial charge in [0.25, 0.3) is 5.91 Å². The molecule has 0 saturated carbocycles. The van der Waals surface area contributed by atoms with E-state index in [0.717, 1.165) is 21.8 Å². The Bertz CT molecular complexity index is 1220. The Morgan fingerprint density at radius 2 is 1.81 bits per heavy atom. The van der Waals surface area contributed by atoms with E-state index >= 15 is 0 Å². The van der Waals surface area contributed by atoms with Crippen LogP contribution in [0.25, 0.3) is 11.3 Å². The van der Waals surface area contributed by atoms with Gasteiger partial charge in [-0.2, -0.15) is 0 Å². The molecule has 2 aromatic heterocycles. The van der Waals surface area contributed by atoms with Crippen molar-refractivity contribution in [3.05, 3.63) is 88.7 Å². The second kappa shape index (κ2) is 9.84. The molecule has 8 heteroatoms. The van der Waals surface area contributed by atoms with Gasteiger partial charge in [-0.3, -0.25) is 9.59 Å². The third-order valence-corrected chi connectivity index (χ3v) is 5.42. The number of anilines is 3. The standard InChI is InChI=1S/C24H21N5O2S/c1-16(30)27-19-9-7-17(8-10-19)22-11-12-25-24(29-22)28-20-5-2-4-18(14-20)23(31)26-15-21-6-3-13-32-21/h2-14H,15H2,1H3,(H,26,31)(H,27,30)(H,25,28,29). The molecule has 0 saturated heterocycles. The zero-order chi connectivity index (χ0) is 22.3. The summed E-state index contributed by atoms with van der Waals surface area (Å²) in [4.78, 5) is 33.6. The first-order chi connectivity index (χ1) is 15.6. The average Bonchev–Trinajstić information content (AvgIpc) is 3.32. The maximum Gasteiger partial charge on any atom is 0.251 e. The quantitative estimate of drug-likeness (QED) is 0.380. The first kappa shape index (κ1) is 21.2. The summed E-state index contributed by atoms with van der Waals surface area (Å²) in [6.45, 7) is 1.97. The van der Waals surface area contributed by atoms with Gasteiger partial charge in [-0.1, -0.05) is 24.3 Å². The number of nitrogens with one attached hydrogen (secondary N) is 3. The minimum atomic E-state index is -0.143. The summed E-state index contributed by atoms with van der Waals surface area (Å²) in [5.74, 6) is 0.161. The monoisotopic (exact) mass is 443 g/mol. The number of thiophene rings is 1. The maximum atomic E-state index is 12.5. The predicted molar refractivity (Wildman–Crippen MR) is 127 cm³/mol. The second-order valence-electron chi connectivity index (χ2n) is 6.99. The lowest BCUT2D eigenvalue weighted by atomic mass is 10.1. The van der Waals surface area contributed by atoms with Crippen LogP contribution in [0.15, 0.2) is 78.3 Å². The molecule has 0 fully saturated rings. The molecule has 4 rings (SSSR count). The molecule has 0 radical (unpaired) electrons. The van der Waals surface area contributed by atoms with E-state index in [-0.39, 0.29) is 11.8 Å². The van der Waals surface area contributed by atoms with E-state index < -0.39 is 0 Å². The van der Waals surface area contributed by atoms with Crippen molar-refractivity contribution in [1.82, 2.24) is 15.3 Å². The third kappa shape index (κ3) is 5.55. The van der Waals surface area contributed by atoms with Crippen molar-refractivity contribution in [3.63, 3.8) is 0 Å². The molecule has 3 N–H and O–H groups in total. The summed E-state index contributed by atoms with van der Waals surface area (Å²) < 4.78 is 0. The van der Waals surface area contributed by atoms with Gasteiger partial charge in [-0.25, -0.2) is 9.97 Å². The number of rotatable bonds is 7. The van der Waals surface area contributed by atoms with Crippen molar-refractivity contribution in [3.8, 4) is 11.3 Å². The van der Waals surface area contributed by atoms with E-state index in [2.05, 4.69) is 25.9 Å². The Balaban J connectivity index is 1.44. The van der Waals surface area contributed by atoms with Crippen LogP contribution in [0.1, 0.15) is 22.2 Å². The number of carbonyl (C=O) groups excluding carboxylic acids is 2. The molecule has 0 bridgehead atoms. The van der Waals surface area contributed by atoms with Gasteiger partial charge in [0.1, 0.15) is 0 Å². The van der Waals surface area contributed by atoms with Crippen LogP contribution in [0.4, 0.5) is 17.3 Å². The highest BCUT2D eigenvalue weighted by molar-refractivity contribution is 7.09. The number of nitrogens with zero attached hydrogens (tertiary/aromatic N) is 2. The highest BCUT2D eigenvalue weighted by Gasteiger charge is 2.08. The summed E-state index contributed by atoms with van der Waals surface area (Å²) in [5.41, 5.74) is 3.62. The van der Waals surface area contributed by atoms with Gasteiger partial charge in [-0.15, -0.1) is 11.3 Å². The number of carbonyl (C=O) groups is 2. The fourth-order valence-corrected chi connectivity index (χ4v) is 3.70. The molecule has 0 aliphatic carbocycles. The largest absolute Gasteiger partial charge is 0.347 e. The molecule has 0 spiro atoms. The van der Waals surface area contributed by atoms with Crippen LogP contribution in [0.2, 0.25) is 0 Å². The number of hydrogen-bond acceptors (Lipinski definition) is 6. The minimum absolute atomic E-state index is 0.117. The second-order valence-corrected chi connectivity index (χ2v) is 8.02. The van der Waals surface area contributed by atoms with E-state index in [1.165, 1.54) is 6.92 Å². The Morgan fingerprint density at radius 1 is 0.969 bits per heavy atom. The van der Waals surface area contributed by atoms with Crippen LogP contribution in [0, 0.1) is 0 Å². The molecule has 160 valence electrons. The van der Waals surface area contributed by atoms with E-state index in [1.54, 1.807) is 29.7 Å².